The molecule has 0 saturated carbocycles. The number of allylic oxidation sites excluding steroid dienone is 1. The van der Waals surface area contributed by atoms with Gasteiger partial charge in [-0.2, -0.15) is 5.26 Å². The summed E-state index contributed by atoms with van der Waals surface area (Å²) >= 11 is 7.76. The summed E-state index contributed by atoms with van der Waals surface area (Å²) in [4.78, 5) is 31.3. The smallest absolute Gasteiger partial charge is 0.234 e. The minimum Gasteiger partial charge on any atom is -0.497 e. The lowest BCUT2D eigenvalue weighted by atomic mass is 9.76. The van der Waals surface area contributed by atoms with E-state index in [9.17, 15) is 14.9 Å². The number of benzene rings is 3. The molecule has 39 heavy (non-hydrogen) atoms. The van der Waals surface area contributed by atoms with Crippen LogP contribution in [-0.4, -0.2) is 37.4 Å². The highest BCUT2D eigenvalue weighted by molar-refractivity contribution is 8.03. The van der Waals surface area contributed by atoms with Crippen LogP contribution in [0.15, 0.2) is 88.4 Å². The second-order valence-electron chi connectivity index (χ2n) is 8.69. The van der Waals surface area contributed by atoms with Crippen LogP contribution >= 0.6 is 23.4 Å². The second-order valence-corrected chi connectivity index (χ2v) is 10.1. The highest BCUT2D eigenvalue weighted by atomic mass is 35.5. The molecule has 1 heterocycles. The number of carbonyl (C=O) groups excluding carboxylic acids is 2. The summed E-state index contributed by atoms with van der Waals surface area (Å²) < 4.78 is 10.5. The predicted molar refractivity (Wildman–Crippen MR) is 155 cm³/mol. The summed E-state index contributed by atoms with van der Waals surface area (Å²) in [5, 5.41) is 14.0. The molecule has 1 aliphatic heterocycles. The van der Waals surface area contributed by atoms with E-state index in [1.807, 2.05) is 12.1 Å². The number of anilines is 1. The molecule has 3 aromatic carbocycles. The molecule has 1 aliphatic rings. The van der Waals surface area contributed by atoms with Gasteiger partial charge in [-0.3, -0.25) is 9.59 Å². The monoisotopic (exact) mass is 559 g/mol. The van der Waals surface area contributed by atoms with Crippen molar-refractivity contribution in [1.82, 2.24) is 0 Å². The largest absolute Gasteiger partial charge is 0.497 e. The second kappa shape index (κ2) is 12.7. The lowest BCUT2D eigenvalue weighted by Crippen LogP contribution is -2.36. The van der Waals surface area contributed by atoms with Gasteiger partial charge in [0.2, 0.25) is 5.91 Å². The first-order chi connectivity index (χ1) is 18.9. The number of thioether (sulfide) groups is 1. The van der Waals surface area contributed by atoms with E-state index >= 15 is 0 Å². The van der Waals surface area contributed by atoms with Gasteiger partial charge in [0.25, 0.3) is 0 Å². The molecule has 3 aromatic rings. The van der Waals surface area contributed by atoms with Crippen molar-refractivity contribution in [3.8, 4) is 17.6 Å². The van der Waals surface area contributed by atoms with Crippen LogP contribution in [0.2, 0.25) is 5.02 Å². The topological polar surface area (TPSA) is 101 Å². The molecule has 0 radical (unpaired) electrons. The van der Waals surface area contributed by atoms with E-state index in [2.05, 4.69) is 16.4 Å². The number of amides is 1. The third-order valence-corrected chi connectivity index (χ3v) is 7.70. The summed E-state index contributed by atoms with van der Waals surface area (Å²) in [6, 6.07) is 23.3. The van der Waals surface area contributed by atoms with Crippen LogP contribution < -0.4 is 14.8 Å². The van der Waals surface area contributed by atoms with Crippen LogP contribution in [0.4, 0.5) is 5.69 Å². The van der Waals surface area contributed by atoms with Crippen LogP contribution in [0.1, 0.15) is 28.8 Å². The molecule has 0 bridgehead atoms. The number of aliphatic imine (C=N–C) groups is 1. The lowest BCUT2D eigenvalue weighted by molar-refractivity contribution is -0.118. The predicted octanol–water partition coefficient (Wildman–Crippen LogP) is 6.52. The number of para-hydroxylation sites is 2. The Labute approximate surface area is 236 Å². The van der Waals surface area contributed by atoms with Crippen LogP contribution in [0.25, 0.3) is 0 Å². The van der Waals surface area contributed by atoms with E-state index in [0.29, 0.717) is 44.1 Å². The summed E-state index contributed by atoms with van der Waals surface area (Å²) in [5.41, 5.74) is 2.44. The molecule has 1 amide bonds. The zero-order valence-corrected chi connectivity index (χ0v) is 23.2. The van der Waals surface area contributed by atoms with Crippen molar-refractivity contribution in [2.24, 2.45) is 10.9 Å². The standard InChI is InChI=1S/C30H26ClN3O4S/c1-18-27(29(36)34-24-10-6-7-11-26(24)38-3)28(21-8-4-5-9-23(21)31)22(16-32)30(33-18)39-17-25(35)19-12-14-20(37-2)15-13-19/h4-15,27-28H,17H2,1-3H3,(H,34,36)/t27?,28-/m0/s1. The number of ketones is 1. The van der Waals surface area contributed by atoms with Gasteiger partial charge in [0.15, 0.2) is 5.78 Å². The number of hydrogen-bond acceptors (Lipinski definition) is 7. The van der Waals surface area contributed by atoms with Gasteiger partial charge >= 0.3 is 0 Å². The number of hydrogen-bond donors (Lipinski definition) is 1. The number of methoxy groups -OCH3 is 2. The Bertz CT molecular complexity index is 1490. The normalized spacial score (nSPS) is 16.6. The minimum atomic E-state index is -0.814. The first kappa shape index (κ1) is 28.0. The third-order valence-electron chi connectivity index (χ3n) is 6.36. The molecule has 9 heteroatoms. The van der Waals surface area contributed by atoms with Gasteiger partial charge in [-0.15, -0.1) is 0 Å². The fourth-order valence-corrected chi connectivity index (χ4v) is 5.64. The maximum atomic E-state index is 13.7. The van der Waals surface area contributed by atoms with Gasteiger partial charge in [-0.25, -0.2) is 4.99 Å². The first-order valence-electron chi connectivity index (χ1n) is 12.1. The molecular weight excluding hydrogens is 534 g/mol. The first-order valence-corrected chi connectivity index (χ1v) is 13.4. The van der Waals surface area contributed by atoms with Gasteiger partial charge in [-0.05, 0) is 55.0 Å². The Morgan fingerprint density at radius 3 is 2.38 bits per heavy atom. The van der Waals surface area contributed by atoms with Crippen molar-refractivity contribution in [1.29, 1.82) is 5.26 Å². The molecule has 0 fully saturated rings. The molecule has 198 valence electrons. The zero-order valence-electron chi connectivity index (χ0n) is 21.6. The molecule has 0 aliphatic carbocycles. The van der Waals surface area contributed by atoms with Crippen LogP contribution in [0.5, 0.6) is 11.5 Å². The molecule has 7 nitrogen and oxygen atoms in total. The Hall–Kier alpha value is -4.06. The van der Waals surface area contributed by atoms with E-state index < -0.39 is 11.8 Å². The highest BCUT2D eigenvalue weighted by Crippen LogP contribution is 2.44. The van der Waals surface area contributed by atoms with Crippen molar-refractivity contribution < 1.29 is 19.1 Å². The van der Waals surface area contributed by atoms with Crippen LogP contribution in [-0.2, 0) is 4.79 Å². The molecule has 0 spiro atoms. The fourth-order valence-electron chi connectivity index (χ4n) is 4.41. The molecule has 0 aromatic heterocycles. The Morgan fingerprint density at radius 1 is 1.03 bits per heavy atom. The quantitative estimate of drug-likeness (QED) is 0.299. The number of ether oxygens (including phenoxy) is 2. The number of halogens is 1. The van der Waals surface area contributed by atoms with Crippen LogP contribution in [0.3, 0.4) is 0 Å². The Morgan fingerprint density at radius 2 is 1.72 bits per heavy atom. The molecule has 0 saturated heterocycles. The van der Waals surface area contributed by atoms with E-state index in [1.54, 1.807) is 74.7 Å². The van der Waals surface area contributed by atoms with E-state index in [1.165, 1.54) is 18.9 Å². The fraction of sp³-hybridized carbons (Fsp3) is 0.200. The molecular formula is C30H26ClN3O4S. The lowest BCUT2D eigenvalue weighted by Gasteiger charge is -2.31. The summed E-state index contributed by atoms with van der Waals surface area (Å²) in [7, 11) is 3.09. The maximum absolute atomic E-state index is 13.7. The number of carbonyl (C=O) groups is 2. The van der Waals surface area contributed by atoms with Crippen molar-refractivity contribution in [2.75, 3.05) is 25.3 Å². The number of nitriles is 1. The Kier molecular flexibility index (Phi) is 9.07. The van der Waals surface area contributed by atoms with Crippen LogP contribution in [0, 0.1) is 17.2 Å². The van der Waals surface area contributed by atoms with Crippen molar-refractivity contribution in [3.05, 3.63) is 99.5 Å². The highest BCUT2D eigenvalue weighted by Gasteiger charge is 2.40. The van der Waals surface area contributed by atoms with E-state index in [-0.39, 0.29) is 23.0 Å². The number of nitrogens with zero attached hydrogens (tertiary/aromatic N) is 2. The maximum Gasteiger partial charge on any atom is 0.234 e. The molecule has 2 atom stereocenters. The van der Waals surface area contributed by atoms with Gasteiger partial charge in [0.05, 0.1) is 43.2 Å². The molecule has 4 rings (SSSR count). The molecule has 1 unspecified atom stereocenters. The van der Waals surface area contributed by atoms with Crippen molar-refractivity contribution in [2.45, 2.75) is 12.8 Å². The number of Topliss-reactive ketones (excluding diaryl/α,β-unsaturated/α-hetero) is 1. The van der Waals surface area contributed by atoms with Crippen molar-refractivity contribution >= 4 is 46.5 Å². The number of rotatable bonds is 9. The number of nitrogens with one attached hydrogen (secondary N) is 1. The summed E-state index contributed by atoms with van der Waals surface area (Å²) in [6.07, 6.45) is 0. The summed E-state index contributed by atoms with van der Waals surface area (Å²) in [6.45, 7) is 1.75. The SMILES string of the molecule is COc1ccc(C(=O)CSC2=C(C#N)[C@H](c3ccccc3Cl)C(C(=O)Nc3ccccc3OC)C(C)=N2)cc1. The van der Waals surface area contributed by atoms with Gasteiger partial charge in [0.1, 0.15) is 16.5 Å². The van der Waals surface area contributed by atoms with Gasteiger partial charge < -0.3 is 14.8 Å². The van der Waals surface area contributed by atoms with Gasteiger partial charge in [-0.1, -0.05) is 53.7 Å². The van der Waals surface area contributed by atoms with E-state index in [4.69, 9.17) is 21.1 Å². The van der Waals surface area contributed by atoms with E-state index in [0.717, 1.165) is 0 Å². The minimum absolute atomic E-state index is 0.0664. The van der Waals surface area contributed by atoms with Gasteiger partial charge in [0, 0.05) is 22.2 Å². The third kappa shape index (κ3) is 6.17. The average Bonchev–Trinajstić information content (AvgIpc) is 2.96. The Balaban J connectivity index is 1.68. The average molecular weight is 560 g/mol. The summed E-state index contributed by atoms with van der Waals surface area (Å²) in [5.74, 6) is -0.754. The molecule has 1 N–H and O–H groups in total. The van der Waals surface area contributed by atoms with Crippen molar-refractivity contribution in [3.63, 3.8) is 0 Å². The zero-order chi connectivity index (χ0) is 27.9.